The molecule has 0 bridgehead atoms. The number of rotatable bonds is 7. The molecule has 0 spiro atoms. The lowest BCUT2D eigenvalue weighted by molar-refractivity contribution is -0.122. The molecule has 1 aliphatic carbocycles. The molecule has 1 aliphatic rings. The fourth-order valence-corrected chi connectivity index (χ4v) is 3.18. The largest absolute Gasteiger partial charge is 0.494 e. The minimum absolute atomic E-state index is 0.0406. The van der Waals surface area contributed by atoms with Crippen LogP contribution in [-0.4, -0.2) is 28.7 Å². The summed E-state index contributed by atoms with van der Waals surface area (Å²) in [5.74, 6) is 0.997. The highest BCUT2D eigenvalue weighted by molar-refractivity contribution is 5.79. The van der Waals surface area contributed by atoms with E-state index in [0.29, 0.717) is 25.9 Å². The van der Waals surface area contributed by atoms with Crippen LogP contribution in [0, 0.1) is 5.92 Å². The number of nitrogens with one attached hydrogen (secondary N) is 1. The highest BCUT2D eigenvalue weighted by atomic mass is 16.5. The van der Waals surface area contributed by atoms with Gasteiger partial charge in [0, 0.05) is 6.20 Å². The summed E-state index contributed by atoms with van der Waals surface area (Å²) in [6, 6.07) is 13.1. The summed E-state index contributed by atoms with van der Waals surface area (Å²) in [5.41, 5.74) is 1.79. The summed E-state index contributed by atoms with van der Waals surface area (Å²) in [4.78, 5) is 16.9. The monoisotopic (exact) mass is 340 g/mol. The van der Waals surface area contributed by atoms with Crippen LogP contribution in [0.5, 0.6) is 5.75 Å². The van der Waals surface area contributed by atoms with Gasteiger partial charge in [-0.3, -0.25) is 9.78 Å². The van der Waals surface area contributed by atoms with Crippen molar-refractivity contribution in [1.29, 1.82) is 0 Å². The van der Waals surface area contributed by atoms with E-state index >= 15 is 0 Å². The van der Waals surface area contributed by atoms with Crippen molar-refractivity contribution >= 4 is 5.91 Å². The van der Waals surface area contributed by atoms with Crippen LogP contribution in [0.3, 0.4) is 0 Å². The minimum atomic E-state index is -0.265. The summed E-state index contributed by atoms with van der Waals surface area (Å²) in [6.45, 7) is 2.56. The molecule has 1 aromatic carbocycles. The standard InChI is InChI=1S/C20H24N2O3/c1-2-25-17-8-6-14(7-9-17)11-19(24)22-20(15-12-16(23)13-15)18-5-3-4-10-21-18/h3-10,15-16,20,23H,2,11-13H2,1H3,(H,22,24). The number of ether oxygens (including phenoxy) is 1. The van der Waals surface area contributed by atoms with Crippen molar-refractivity contribution in [2.45, 2.75) is 38.3 Å². The van der Waals surface area contributed by atoms with E-state index in [2.05, 4.69) is 10.3 Å². The molecular formula is C20H24N2O3. The van der Waals surface area contributed by atoms with Crippen LogP contribution < -0.4 is 10.1 Å². The number of hydrogen-bond acceptors (Lipinski definition) is 4. The number of benzene rings is 1. The highest BCUT2D eigenvalue weighted by Gasteiger charge is 2.36. The average Bonchev–Trinajstić information content (AvgIpc) is 2.60. The Labute approximate surface area is 148 Å². The molecule has 5 nitrogen and oxygen atoms in total. The van der Waals surface area contributed by atoms with Gasteiger partial charge >= 0.3 is 0 Å². The van der Waals surface area contributed by atoms with E-state index in [9.17, 15) is 9.90 Å². The Morgan fingerprint density at radius 1 is 1.28 bits per heavy atom. The zero-order valence-electron chi connectivity index (χ0n) is 14.4. The van der Waals surface area contributed by atoms with Gasteiger partial charge in [0.2, 0.25) is 5.91 Å². The first-order chi connectivity index (χ1) is 12.2. The molecule has 0 radical (unpaired) electrons. The zero-order valence-corrected chi connectivity index (χ0v) is 14.4. The minimum Gasteiger partial charge on any atom is -0.494 e. The zero-order chi connectivity index (χ0) is 17.6. The van der Waals surface area contributed by atoms with Crippen molar-refractivity contribution in [3.05, 3.63) is 59.9 Å². The molecule has 0 saturated heterocycles. The Balaban J connectivity index is 1.64. The fourth-order valence-electron chi connectivity index (χ4n) is 3.18. The molecule has 1 saturated carbocycles. The van der Waals surface area contributed by atoms with Gasteiger partial charge in [0.25, 0.3) is 0 Å². The Morgan fingerprint density at radius 3 is 2.64 bits per heavy atom. The molecule has 2 aromatic rings. The number of aromatic nitrogens is 1. The van der Waals surface area contributed by atoms with Gasteiger partial charge in [-0.1, -0.05) is 18.2 Å². The molecule has 1 unspecified atom stereocenters. The summed E-state index contributed by atoms with van der Waals surface area (Å²) >= 11 is 0. The molecule has 1 heterocycles. The molecule has 1 aromatic heterocycles. The average molecular weight is 340 g/mol. The second-order valence-electron chi connectivity index (χ2n) is 6.44. The molecule has 0 aliphatic heterocycles. The van der Waals surface area contributed by atoms with Crippen molar-refractivity contribution < 1.29 is 14.6 Å². The number of nitrogens with zero attached hydrogens (tertiary/aromatic N) is 1. The van der Waals surface area contributed by atoms with Crippen molar-refractivity contribution in [3.8, 4) is 5.75 Å². The number of carbonyl (C=O) groups is 1. The van der Waals surface area contributed by atoms with Gasteiger partial charge in [0.15, 0.2) is 0 Å². The van der Waals surface area contributed by atoms with Gasteiger partial charge in [-0.25, -0.2) is 0 Å². The maximum absolute atomic E-state index is 12.5. The molecule has 25 heavy (non-hydrogen) atoms. The van der Waals surface area contributed by atoms with E-state index in [1.807, 2.05) is 49.4 Å². The molecular weight excluding hydrogens is 316 g/mol. The van der Waals surface area contributed by atoms with Crippen LogP contribution in [0.2, 0.25) is 0 Å². The van der Waals surface area contributed by atoms with E-state index in [-0.39, 0.29) is 24.0 Å². The van der Waals surface area contributed by atoms with Crippen molar-refractivity contribution in [2.24, 2.45) is 5.92 Å². The predicted molar refractivity (Wildman–Crippen MR) is 95.2 cm³/mol. The molecule has 2 N–H and O–H groups in total. The second kappa shape index (κ2) is 8.12. The molecule has 132 valence electrons. The quantitative estimate of drug-likeness (QED) is 0.813. The summed E-state index contributed by atoms with van der Waals surface area (Å²) in [5, 5.41) is 12.7. The lowest BCUT2D eigenvalue weighted by Gasteiger charge is -2.37. The summed E-state index contributed by atoms with van der Waals surface area (Å²) in [7, 11) is 0. The van der Waals surface area contributed by atoms with Crippen LogP contribution in [0.4, 0.5) is 0 Å². The Bertz CT molecular complexity index is 682. The van der Waals surface area contributed by atoms with Crippen molar-refractivity contribution in [3.63, 3.8) is 0 Å². The topological polar surface area (TPSA) is 71.5 Å². The maximum atomic E-state index is 12.5. The van der Waals surface area contributed by atoms with Gasteiger partial charge in [-0.2, -0.15) is 0 Å². The SMILES string of the molecule is CCOc1ccc(CC(=O)NC(c2ccccn2)C2CC(O)C2)cc1. The van der Waals surface area contributed by atoms with E-state index < -0.39 is 0 Å². The molecule has 5 heteroatoms. The lowest BCUT2D eigenvalue weighted by atomic mass is 9.76. The summed E-state index contributed by atoms with van der Waals surface area (Å²) in [6.07, 6.45) is 3.18. The number of amides is 1. The van der Waals surface area contributed by atoms with Crippen LogP contribution >= 0.6 is 0 Å². The van der Waals surface area contributed by atoms with Gasteiger partial charge in [0.1, 0.15) is 5.75 Å². The Morgan fingerprint density at radius 2 is 2.04 bits per heavy atom. The number of pyridine rings is 1. The first-order valence-corrected chi connectivity index (χ1v) is 8.75. The predicted octanol–water partition coefficient (Wildman–Crippen LogP) is 2.65. The van der Waals surface area contributed by atoms with Gasteiger partial charge in [-0.15, -0.1) is 0 Å². The van der Waals surface area contributed by atoms with E-state index in [4.69, 9.17) is 4.74 Å². The third-order valence-electron chi connectivity index (χ3n) is 4.54. The second-order valence-corrected chi connectivity index (χ2v) is 6.44. The van der Waals surface area contributed by atoms with Gasteiger partial charge in [-0.05, 0) is 55.5 Å². The highest BCUT2D eigenvalue weighted by Crippen LogP contribution is 2.37. The number of aliphatic hydroxyl groups is 1. The number of hydrogen-bond donors (Lipinski definition) is 2. The van der Waals surface area contributed by atoms with Crippen LogP contribution in [0.1, 0.15) is 37.1 Å². The van der Waals surface area contributed by atoms with Gasteiger partial charge < -0.3 is 15.2 Å². The molecule has 1 fully saturated rings. The third kappa shape index (κ3) is 4.57. The molecule has 3 rings (SSSR count). The van der Waals surface area contributed by atoms with Crippen molar-refractivity contribution in [2.75, 3.05) is 6.61 Å². The fraction of sp³-hybridized carbons (Fsp3) is 0.400. The van der Waals surface area contributed by atoms with Crippen molar-refractivity contribution in [1.82, 2.24) is 10.3 Å². The normalized spacial score (nSPS) is 20.4. The maximum Gasteiger partial charge on any atom is 0.224 e. The first-order valence-electron chi connectivity index (χ1n) is 8.75. The van der Waals surface area contributed by atoms with E-state index in [1.54, 1.807) is 6.20 Å². The first kappa shape index (κ1) is 17.4. The Kier molecular flexibility index (Phi) is 5.66. The third-order valence-corrected chi connectivity index (χ3v) is 4.54. The van der Waals surface area contributed by atoms with E-state index in [0.717, 1.165) is 17.0 Å². The Hall–Kier alpha value is -2.40. The number of aliphatic hydroxyl groups excluding tert-OH is 1. The van der Waals surface area contributed by atoms with Crippen LogP contribution in [0.15, 0.2) is 48.7 Å². The lowest BCUT2D eigenvalue weighted by Crippen LogP contribution is -2.42. The summed E-state index contributed by atoms with van der Waals surface area (Å²) < 4.78 is 5.42. The molecule has 1 atom stereocenters. The van der Waals surface area contributed by atoms with Crippen LogP contribution in [-0.2, 0) is 11.2 Å². The van der Waals surface area contributed by atoms with Crippen LogP contribution in [0.25, 0.3) is 0 Å². The van der Waals surface area contributed by atoms with E-state index in [1.165, 1.54) is 0 Å². The van der Waals surface area contributed by atoms with Gasteiger partial charge in [0.05, 0.1) is 30.9 Å². The molecule has 1 amide bonds. The number of carbonyl (C=O) groups excluding carboxylic acids is 1. The smallest absolute Gasteiger partial charge is 0.224 e.